The Morgan fingerprint density at radius 2 is 1.96 bits per heavy atom. The first-order chi connectivity index (χ1) is 13.3. The maximum Gasteiger partial charge on any atom is 0.263 e. The van der Waals surface area contributed by atoms with Crippen LogP contribution in [-0.4, -0.2) is 53.4 Å². The number of piperidine rings is 1. The number of amides is 2. The maximum atomic E-state index is 13.0. The van der Waals surface area contributed by atoms with Crippen LogP contribution in [-0.2, 0) is 4.79 Å². The van der Waals surface area contributed by atoms with E-state index in [0.717, 1.165) is 27.0 Å². The first kappa shape index (κ1) is 19.5. The van der Waals surface area contributed by atoms with Crippen LogP contribution >= 0.6 is 22.7 Å². The molecule has 6 nitrogen and oxygen atoms in total. The number of aryl methyl sites for hydroxylation is 1. The molecule has 0 radical (unpaired) electrons. The largest absolute Gasteiger partial charge is 0.354 e. The summed E-state index contributed by atoms with van der Waals surface area (Å²) in [5.41, 5.74) is 0.419. The molecule has 1 spiro atoms. The lowest BCUT2D eigenvalue weighted by molar-refractivity contribution is -0.128. The lowest BCUT2D eigenvalue weighted by Crippen LogP contribution is -2.61. The monoisotopic (exact) mass is 418 g/mol. The summed E-state index contributed by atoms with van der Waals surface area (Å²) < 4.78 is 0. The van der Waals surface area contributed by atoms with E-state index in [4.69, 9.17) is 0 Å². The zero-order valence-electron chi connectivity index (χ0n) is 16.5. The normalized spacial score (nSPS) is 21.4. The summed E-state index contributed by atoms with van der Waals surface area (Å²) >= 11 is 3.10. The van der Waals surface area contributed by atoms with Crippen LogP contribution in [0.1, 0.15) is 41.4 Å². The minimum absolute atomic E-state index is 0.0352. The molecule has 28 heavy (non-hydrogen) atoms. The molecule has 2 amide bonds. The number of hydrogen-bond acceptors (Lipinski definition) is 6. The second kappa shape index (κ2) is 7.24. The second-order valence-corrected chi connectivity index (χ2v) is 10.6. The summed E-state index contributed by atoms with van der Waals surface area (Å²) in [7, 11) is 0. The summed E-state index contributed by atoms with van der Waals surface area (Å²) in [4.78, 5) is 33.8. The number of hydrogen-bond donors (Lipinski definition) is 2. The van der Waals surface area contributed by atoms with Crippen LogP contribution in [0.5, 0.6) is 0 Å². The molecule has 150 valence electrons. The van der Waals surface area contributed by atoms with Crippen molar-refractivity contribution in [1.82, 2.24) is 20.5 Å². The number of nitrogens with zero attached hydrogens (tertiary/aromatic N) is 2. The van der Waals surface area contributed by atoms with Gasteiger partial charge in [-0.2, -0.15) is 0 Å². The number of carbonyl (C=O) groups excluding carboxylic acids is 2. The zero-order valence-corrected chi connectivity index (χ0v) is 18.1. The van der Waals surface area contributed by atoms with Crippen LogP contribution in [0.3, 0.4) is 0 Å². The van der Waals surface area contributed by atoms with Gasteiger partial charge in [0, 0.05) is 31.6 Å². The Hall–Kier alpha value is -1.77. The summed E-state index contributed by atoms with van der Waals surface area (Å²) in [6, 6.07) is 3.86. The number of thiazole rings is 1. The van der Waals surface area contributed by atoms with Gasteiger partial charge in [-0.25, -0.2) is 4.98 Å². The third-order valence-corrected chi connectivity index (χ3v) is 7.53. The number of aromatic nitrogens is 1. The first-order valence-electron chi connectivity index (χ1n) is 9.63. The van der Waals surface area contributed by atoms with Gasteiger partial charge in [0.25, 0.3) is 5.91 Å². The van der Waals surface area contributed by atoms with Crippen molar-refractivity contribution in [2.45, 2.75) is 39.2 Å². The summed E-state index contributed by atoms with van der Waals surface area (Å²) in [5, 5.41) is 9.64. The van der Waals surface area contributed by atoms with Gasteiger partial charge < -0.3 is 15.5 Å². The van der Waals surface area contributed by atoms with E-state index in [2.05, 4.69) is 29.5 Å². The van der Waals surface area contributed by atoms with Crippen LogP contribution in [0.4, 0.5) is 0 Å². The SMILES string of the molecule is Cc1nc(-c2ccc(C(=O)N3CCC4(CC3)NCC(C)(C)CNC4=O)s2)cs1. The third kappa shape index (κ3) is 3.73. The van der Waals surface area contributed by atoms with Gasteiger partial charge in [-0.15, -0.1) is 22.7 Å². The van der Waals surface area contributed by atoms with Crippen molar-refractivity contribution in [2.24, 2.45) is 5.41 Å². The van der Waals surface area contributed by atoms with Crippen molar-refractivity contribution in [1.29, 1.82) is 0 Å². The summed E-state index contributed by atoms with van der Waals surface area (Å²) in [5.74, 6) is 0.120. The Bertz CT molecular complexity index is 894. The molecule has 0 aliphatic carbocycles. The van der Waals surface area contributed by atoms with Crippen LogP contribution in [0.25, 0.3) is 10.6 Å². The predicted octanol–water partition coefficient (Wildman–Crippen LogP) is 2.90. The van der Waals surface area contributed by atoms with Crippen molar-refractivity contribution in [2.75, 3.05) is 26.2 Å². The van der Waals surface area contributed by atoms with Crippen molar-refractivity contribution < 1.29 is 9.59 Å². The predicted molar refractivity (Wildman–Crippen MR) is 113 cm³/mol. The van der Waals surface area contributed by atoms with Gasteiger partial charge in [0.2, 0.25) is 5.91 Å². The van der Waals surface area contributed by atoms with Crippen LogP contribution in [0.15, 0.2) is 17.5 Å². The highest BCUT2D eigenvalue weighted by molar-refractivity contribution is 7.17. The average molecular weight is 419 g/mol. The van der Waals surface area contributed by atoms with Gasteiger partial charge >= 0.3 is 0 Å². The highest BCUT2D eigenvalue weighted by Crippen LogP contribution is 2.32. The van der Waals surface area contributed by atoms with E-state index >= 15 is 0 Å². The molecule has 2 aliphatic rings. The van der Waals surface area contributed by atoms with E-state index < -0.39 is 5.54 Å². The molecule has 0 atom stereocenters. The number of thiophene rings is 1. The summed E-state index contributed by atoms with van der Waals surface area (Å²) in [6.45, 7) is 8.92. The molecule has 2 aromatic rings. The van der Waals surface area contributed by atoms with E-state index in [9.17, 15) is 9.59 Å². The van der Waals surface area contributed by atoms with Crippen molar-refractivity contribution in [3.05, 3.63) is 27.4 Å². The second-order valence-electron chi connectivity index (χ2n) is 8.49. The lowest BCUT2D eigenvalue weighted by atomic mass is 9.86. The lowest BCUT2D eigenvalue weighted by Gasteiger charge is -2.40. The number of rotatable bonds is 2. The fraction of sp³-hybridized carbons (Fsp3) is 0.550. The average Bonchev–Trinajstić information content (AvgIpc) is 3.31. The van der Waals surface area contributed by atoms with Crippen LogP contribution in [0.2, 0.25) is 0 Å². The van der Waals surface area contributed by atoms with Gasteiger partial charge in [0.15, 0.2) is 0 Å². The van der Waals surface area contributed by atoms with Crippen LogP contribution < -0.4 is 10.6 Å². The molecule has 2 aromatic heterocycles. The smallest absolute Gasteiger partial charge is 0.263 e. The van der Waals surface area contributed by atoms with E-state index in [-0.39, 0.29) is 17.2 Å². The highest BCUT2D eigenvalue weighted by Gasteiger charge is 2.45. The molecule has 0 saturated carbocycles. The topological polar surface area (TPSA) is 74.3 Å². The van der Waals surface area contributed by atoms with Crippen molar-refractivity contribution >= 4 is 34.5 Å². The molecule has 2 fully saturated rings. The van der Waals surface area contributed by atoms with Gasteiger partial charge in [0.1, 0.15) is 5.54 Å². The van der Waals surface area contributed by atoms with E-state index in [0.29, 0.717) is 32.5 Å². The van der Waals surface area contributed by atoms with Gasteiger partial charge in [0.05, 0.1) is 20.5 Å². The Labute approximate surface area is 173 Å². The molecule has 4 heterocycles. The third-order valence-electron chi connectivity index (χ3n) is 5.66. The van der Waals surface area contributed by atoms with Crippen molar-refractivity contribution in [3.8, 4) is 10.6 Å². The highest BCUT2D eigenvalue weighted by atomic mass is 32.1. The quantitative estimate of drug-likeness (QED) is 0.786. The maximum absolute atomic E-state index is 13.0. The Balaban J connectivity index is 1.43. The Morgan fingerprint density at radius 1 is 1.21 bits per heavy atom. The van der Waals surface area contributed by atoms with Gasteiger partial charge in [-0.05, 0) is 37.3 Å². The van der Waals surface area contributed by atoms with Gasteiger partial charge in [-0.1, -0.05) is 13.8 Å². The zero-order chi connectivity index (χ0) is 19.9. The fourth-order valence-corrected chi connectivity index (χ4v) is 5.38. The van der Waals surface area contributed by atoms with E-state index in [1.165, 1.54) is 11.3 Å². The van der Waals surface area contributed by atoms with E-state index in [1.54, 1.807) is 11.3 Å². The number of likely N-dealkylation sites (tertiary alicyclic amines) is 1. The summed E-state index contributed by atoms with van der Waals surface area (Å²) in [6.07, 6.45) is 1.29. The van der Waals surface area contributed by atoms with Gasteiger partial charge in [-0.3, -0.25) is 9.59 Å². The molecule has 4 rings (SSSR count). The molecule has 2 N–H and O–H groups in total. The minimum Gasteiger partial charge on any atom is -0.354 e. The molecular weight excluding hydrogens is 392 g/mol. The Kier molecular flexibility index (Phi) is 5.05. The standard InChI is InChI=1S/C20H26N4O2S2/c1-13-23-14(10-27-13)15-4-5-16(28-15)17(25)24-8-6-20(7-9-24)18(26)21-11-19(2,3)12-22-20/h4-5,10,22H,6-9,11-12H2,1-3H3,(H,21,26). The Morgan fingerprint density at radius 3 is 2.64 bits per heavy atom. The molecular formula is C20H26N4O2S2. The van der Waals surface area contributed by atoms with Crippen LogP contribution in [0, 0.1) is 12.3 Å². The molecule has 0 bridgehead atoms. The number of nitrogens with one attached hydrogen (secondary N) is 2. The molecule has 0 unspecified atom stereocenters. The fourth-order valence-electron chi connectivity index (χ4n) is 3.76. The molecule has 8 heteroatoms. The van der Waals surface area contributed by atoms with Crippen molar-refractivity contribution in [3.63, 3.8) is 0 Å². The molecule has 2 saturated heterocycles. The minimum atomic E-state index is -0.552. The molecule has 0 aromatic carbocycles. The van der Waals surface area contributed by atoms with E-state index in [1.807, 2.05) is 29.3 Å². The first-order valence-corrected chi connectivity index (χ1v) is 11.3. The molecule has 2 aliphatic heterocycles. The number of carbonyl (C=O) groups is 2.